The van der Waals surface area contributed by atoms with E-state index in [0.717, 1.165) is 50.4 Å². The van der Waals surface area contributed by atoms with Gasteiger partial charge in [0.25, 0.3) is 0 Å². The van der Waals surface area contributed by atoms with Gasteiger partial charge in [0.05, 0.1) is 5.41 Å². The maximum atomic E-state index is 6.74. The van der Waals surface area contributed by atoms with Crippen molar-refractivity contribution in [3.05, 3.63) is 197 Å². The van der Waals surface area contributed by atoms with Gasteiger partial charge in [0.1, 0.15) is 11.5 Å². The molecule has 2 aromatic heterocycles. The van der Waals surface area contributed by atoms with Crippen molar-refractivity contribution < 1.29 is 4.74 Å². The molecule has 4 nitrogen and oxygen atoms in total. The second-order valence-electron chi connectivity index (χ2n) is 13.5. The van der Waals surface area contributed by atoms with Crippen LogP contribution < -0.4 is 4.74 Å². The molecule has 1 aliphatic carbocycles. The molecule has 0 fully saturated rings. The van der Waals surface area contributed by atoms with Gasteiger partial charge >= 0.3 is 0 Å². The zero-order valence-corrected chi connectivity index (χ0v) is 29.2. The fourth-order valence-electron chi connectivity index (χ4n) is 8.40. The molecule has 3 heterocycles. The summed E-state index contributed by atoms with van der Waals surface area (Å²) >= 11 is 1.79. The van der Waals surface area contributed by atoms with Crippen molar-refractivity contribution in [2.24, 2.45) is 0 Å². The van der Waals surface area contributed by atoms with E-state index in [9.17, 15) is 0 Å². The standard InChI is InChI=1S/C48H29N3OS/c1-3-12-30(13-4-1)45-49-46(31-14-5-2-6-15-31)51-47(50-45)34-17-11-16-32(28-34)33-22-24-42-40(29-33)48(38-20-9-10-21-41(38)52-42)37-19-8-7-18-35(37)44-36-26-27-53-43(36)25-23-39(44)48/h1-29H. The summed E-state index contributed by atoms with van der Waals surface area (Å²) in [7, 11) is 0. The number of hydrogen-bond donors (Lipinski definition) is 0. The summed E-state index contributed by atoms with van der Waals surface area (Å²) < 4.78 is 8.03. The molecule has 1 atom stereocenters. The summed E-state index contributed by atoms with van der Waals surface area (Å²) in [5, 5.41) is 3.50. The Morgan fingerprint density at radius 2 is 1.02 bits per heavy atom. The van der Waals surface area contributed by atoms with Crippen LogP contribution in [0.15, 0.2) is 175 Å². The Morgan fingerprint density at radius 3 is 1.79 bits per heavy atom. The zero-order valence-electron chi connectivity index (χ0n) is 28.4. The summed E-state index contributed by atoms with van der Waals surface area (Å²) in [6.07, 6.45) is 0. The largest absolute Gasteiger partial charge is 0.457 e. The van der Waals surface area contributed by atoms with E-state index in [1.165, 1.54) is 32.3 Å². The molecule has 11 rings (SSSR count). The maximum absolute atomic E-state index is 6.74. The second kappa shape index (κ2) is 11.7. The minimum Gasteiger partial charge on any atom is -0.457 e. The van der Waals surface area contributed by atoms with Crippen molar-refractivity contribution in [2.75, 3.05) is 0 Å². The van der Waals surface area contributed by atoms with Gasteiger partial charge in [-0.1, -0.05) is 133 Å². The molecule has 0 radical (unpaired) electrons. The quantitative estimate of drug-likeness (QED) is 0.184. The van der Waals surface area contributed by atoms with Crippen molar-refractivity contribution in [3.8, 4) is 67.9 Å². The molecule has 1 unspecified atom stereocenters. The number of thiophene rings is 1. The highest BCUT2D eigenvalue weighted by molar-refractivity contribution is 7.17. The Labute approximate surface area is 310 Å². The minimum atomic E-state index is -0.552. The molecule has 0 saturated carbocycles. The van der Waals surface area contributed by atoms with Crippen LogP contribution in [-0.4, -0.2) is 15.0 Å². The Balaban J connectivity index is 1.11. The zero-order chi connectivity index (χ0) is 34.9. The van der Waals surface area contributed by atoms with Crippen molar-refractivity contribution in [2.45, 2.75) is 5.41 Å². The van der Waals surface area contributed by atoms with E-state index in [4.69, 9.17) is 19.7 Å². The first-order valence-corrected chi connectivity index (χ1v) is 18.6. The molecule has 0 saturated heterocycles. The van der Waals surface area contributed by atoms with E-state index in [0.29, 0.717) is 17.5 Å². The van der Waals surface area contributed by atoms with Crippen molar-refractivity contribution in [1.82, 2.24) is 15.0 Å². The fourth-order valence-corrected chi connectivity index (χ4v) is 9.19. The van der Waals surface area contributed by atoms with Gasteiger partial charge in [0.15, 0.2) is 17.5 Å². The molecule has 1 spiro atoms. The number of aromatic nitrogens is 3. The molecule has 2 aliphatic rings. The third-order valence-electron chi connectivity index (χ3n) is 10.7. The van der Waals surface area contributed by atoms with E-state index in [-0.39, 0.29) is 0 Å². The van der Waals surface area contributed by atoms with Gasteiger partial charge in [-0.25, -0.2) is 15.0 Å². The lowest BCUT2D eigenvalue weighted by Gasteiger charge is -2.39. The van der Waals surface area contributed by atoms with Crippen LogP contribution in [0.3, 0.4) is 0 Å². The lowest BCUT2D eigenvalue weighted by Crippen LogP contribution is -2.32. The van der Waals surface area contributed by atoms with Crippen LogP contribution in [0.4, 0.5) is 0 Å². The molecule has 7 aromatic carbocycles. The lowest BCUT2D eigenvalue weighted by molar-refractivity contribution is 0.436. The summed E-state index contributed by atoms with van der Waals surface area (Å²) in [5.41, 5.74) is 11.9. The molecule has 53 heavy (non-hydrogen) atoms. The van der Waals surface area contributed by atoms with Crippen LogP contribution in [0.2, 0.25) is 0 Å². The van der Waals surface area contributed by atoms with Crippen molar-refractivity contribution in [3.63, 3.8) is 0 Å². The normalized spacial score (nSPS) is 15.0. The van der Waals surface area contributed by atoms with Gasteiger partial charge in [-0.2, -0.15) is 0 Å². The van der Waals surface area contributed by atoms with Gasteiger partial charge in [-0.05, 0) is 75.2 Å². The number of nitrogens with zero attached hydrogens (tertiary/aromatic N) is 3. The first-order chi connectivity index (χ1) is 26.3. The fraction of sp³-hybridized carbons (Fsp3) is 0.0208. The van der Waals surface area contributed by atoms with E-state index in [1.54, 1.807) is 11.3 Å². The van der Waals surface area contributed by atoms with Gasteiger partial charge in [0, 0.05) is 37.9 Å². The van der Waals surface area contributed by atoms with Crippen molar-refractivity contribution >= 4 is 21.4 Å². The topological polar surface area (TPSA) is 47.9 Å². The minimum absolute atomic E-state index is 0.552. The summed E-state index contributed by atoms with van der Waals surface area (Å²) in [6.45, 7) is 0. The molecule has 0 N–H and O–H groups in total. The third kappa shape index (κ3) is 4.51. The molecule has 0 bridgehead atoms. The van der Waals surface area contributed by atoms with Gasteiger partial charge in [-0.15, -0.1) is 11.3 Å². The first kappa shape index (κ1) is 30.0. The van der Waals surface area contributed by atoms with Crippen LogP contribution in [0.25, 0.3) is 66.5 Å². The summed E-state index contributed by atoms with van der Waals surface area (Å²) in [4.78, 5) is 14.9. The smallest absolute Gasteiger partial charge is 0.164 e. The molecule has 1 aliphatic heterocycles. The second-order valence-corrected chi connectivity index (χ2v) is 14.5. The molecular weight excluding hydrogens is 667 g/mol. The number of fused-ring (bicyclic) bond motifs is 11. The van der Waals surface area contributed by atoms with Crippen molar-refractivity contribution in [1.29, 1.82) is 0 Å². The van der Waals surface area contributed by atoms with Crippen LogP contribution >= 0.6 is 11.3 Å². The predicted molar refractivity (Wildman–Crippen MR) is 214 cm³/mol. The highest BCUT2D eigenvalue weighted by Gasteiger charge is 2.51. The number of ether oxygens (including phenoxy) is 1. The highest BCUT2D eigenvalue weighted by atomic mass is 32.1. The average Bonchev–Trinajstić information content (AvgIpc) is 3.83. The van der Waals surface area contributed by atoms with Gasteiger partial charge < -0.3 is 4.74 Å². The maximum Gasteiger partial charge on any atom is 0.164 e. The Hall–Kier alpha value is -6.69. The molecule has 9 aromatic rings. The van der Waals surface area contributed by atoms with E-state index < -0.39 is 5.41 Å². The van der Waals surface area contributed by atoms with E-state index in [2.05, 4.69) is 115 Å². The highest BCUT2D eigenvalue weighted by Crippen LogP contribution is 2.63. The van der Waals surface area contributed by atoms with E-state index >= 15 is 0 Å². The summed E-state index contributed by atoms with van der Waals surface area (Å²) in [5.74, 6) is 3.68. The van der Waals surface area contributed by atoms with Gasteiger partial charge in [-0.3, -0.25) is 0 Å². The van der Waals surface area contributed by atoms with Gasteiger partial charge in [0.2, 0.25) is 0 Å². The Kier molecular flexibility index (Phi) is 6.60. The molecule has 0 amide bonds. The summed E-state index contributed by atoms with van der Waals surface area (Å²) in [6, 6.07) is 59.8. The monoisotopic (exact) mass is 695 g/mol. The van der Waals surface area contributed by atoms with E-state index in [1.807, 2.05) is 60.7 Å². The van der Waals surface area contributed by atoms with Crippen LogP contribution in [0, 0.1) is 0 Å². The Bertz CT molecular complexity index is 2820. The lowest BCUT2D eigenvalue weighted by atomic mass is 9.65. The molecule has 5 heteroatoms. The SMILES string of the molecule is c1ccc(-c2nc(-c3ccccc3)nc(-c3cccc(-c4ccc5c(c4)C4(c6ccccc6O5)c5ccccc5-c5c4ccc4sccc54)c3)n2)cc1. The average molecular weight is 696 g/mol. The number of para-hydroxylation sites is 1. The van der Waals surface area contributed by atoms with Crippen LogP contribution in [0.5, 0.6) is 11.5 Å². The van der Waals surface area contributed by atoms with Crippen LogP contribution in [0.1, 0.15) is 22.3 Å². The number of rotatable bonds is 4. The number of benzene rings is 7. The number of hydrogen-bond acceptors (Lipinski definition) is 5. The van der Waals surface area contributed by atoms with Crippen LogP contribution in [-0.2, 0) is 5.41 Å². The molecule has 248 valence electrons. The predicted octanol–water partition coefficient (Wildman–Crippen LogP) is 12.2. The third-order valence-corrected chi connectivity index (χ3v) is 11.6. The first-order valence-electron chi connectivity index (χ1n) is 17.8. The Morgan fingerprint density at radius 1 is 0.415 bits per heavy atom. The molecular formula is C48H29N3OS.